The summed E-state index contributed by atoms with van der Waals surface area (Å²) >= 11 is 0. The van der Waals surface area contributed by atoms with Gasteiger partial charge in [-0.05, 0) is 67.6 Å². The van der Waals surface area contributed by atoms with Gasteiger partial charge in [-0.3, -0.25) is 9.59 Å². The van der Waals surface area contributed by atoms with Crippen LogP contribution in [0.3, 0.4) is 0 Å². The third kappa shape index (κ3) is 5.04. The average molecular weight is 467 g/mol. The van der Waals surface area contributed by atoms with Crippen molar-refractivity contribution in [2.45, 2.75) is 31.6 Å². The molecule has 1 aliphatic heterocycles. The van der Waals surface area contributed by atoms with E-state index in [4.69, 9.17) is 0 Å². The molecule has 1 N–H and O–H groups in total. The number of hydrogen-bond donors (Lipinski definition) is 1. The molecule has 1 aliphatic rings. The average Bonchev–Trinajstić information content (AvgIpc) is 2.79. The fourth-order valence-electron chi connectivity index (χ4n) is 3.89. The van der Waals surface area contributed by atoms with Crippen LogP contribution in [0.1, 0.15) is 35.8 Å². The van der Waals surface area contributed by atoms with Crippen molar-refractivity contribution < 1.29 is 13.2 Å². The smallest absolute Gasteiger partial charge is 0.280 e. The highest BCUT2D eigenvalue weighted by molar-refractivity contribution is 7.89. The molecule has 0 aliphatic carbocycles. The van der Waals surface area contributed by atoms with Crippen molar-refractivity contribution in [3.8, 4) is 5.69 Å². The van der Waals surface area contributed by atoms with Crippen LogP contribution in [0.2, 0.25) is 0 Å². The van der Waals surface area contributed by atoms with Gasteiger partial charge in [0.25, 0.3) is 5.91 Å². The number of benzene rings is 2. The van der Waals surface area contributed by atoms with Gasteiger partial charge in [0, 0.05) is 31.0 Å². The van der Waals surface area contributed by atoms with Gasteiger partial charge in [0.15, 0.2) is 5.69 Å². The minimum Gasteiger partial charge on any atom is -0.320 e. The zero-order valence-corrected chi connectivity index (χ0v) is 19.4. The van der Waals surface area contributed by atoms with Gasteiger partial charge in [-0.15, -0.1) is 0 Å². The molecule has 1 atom stereocenters. The fourth-order valence-corrected chi connectivity index (χ4v) is 5.49. The number of carbonyl (C=O) groups is 1. The Bertz CT molecular complexity index is 1330. The molecule has 8 nitrogen and oxygen atoms in total. The Morgan fingerprint density at radius 1 is 1.12 bits per heavy atom. The summed E-state index contributed by atoms with van der Waals surface area (Å²) < 4.78 is 28.8. The van der Waals surface area contributed by atoms with Crippen LogP contribution in [0.25, 0.3) is 5.69 Å². The van der Waals surface area contributed by atoms with Crippen molar-refractivity contribution in [3.63, 3.8) is 0 Å². The maximum atomic E-state index is 12.9. The maximum absolute atomic E-state index is 12.9. The third-order valence-corrected chi connectivity index (χ3v) is 7.54. The molecule has 2 aromatic carbocycles. The van der Waals surface area contributed by atoms with E-state index in [1.807, 2.05) is 38.1 Å². The lowest BCUT2D eigenvalue weighted by Crippen LogP contribution is -2.39. The van der Waals surface area contributed by atoms with Gasteiger partial charge in [0.1, 0.15) is 0 Å². The zero-order chi connectivity index (χ0) is 23.6. The van der Waals surface area contributed by atoms with Gasteiger partial charge in [-0.1, -0.05) is 19.1 Å². The molecule has 1 fully saturated rings. The van der Waals surface area contributed by atoms with Crippen LogP contribution in [0.15, 0.2) is 70.5 Å². The summed E-state index contributed by atoms with van der Waals surface area (Å²) in [6.45, 7) is 5.01. The molecule has 4 rings (SSSR count). The van der Waals surface area contributed by atoms with Crippen LogP contribution >= 0.6 is 0 Å². The predicted molar refractivity (Wildman–Crippen MR) is 126 cm³/mol. The largest absolute Gasteiger partial charge is 0.320 e. The number of sulfonamides is 1. The molecule has 2 heterocycles. The minimum atomic E-state index is -3.58. The molecule has 1 amide bonds. The third-order valence-electron chi connectivity index (χ3n) is 5.66. The Balaban J connectivity index is 1.52. The van der Waals surface area contributed by atoms with E-state index in [1.165, 1.54) is 45.5 Å². The molecule has 3 aromatic rings. The summed E-state index contributed by atoms with van der Waals surface area (Å²) in [5, 5.41) is 6.83. The molecular formula is C24H26N4O4S. The molecule has 172 valence electrons. The first kappa shape index (κ1) is 22.9. The van der Waals surface area contributed by atoms with Gasteiger partial charge in [0.2, 0.25) is 15.5 Å². The molecule has 0 bridgehead atoms. The van der Waals surface area contributed by atoms with E-state index in [9.17, 15) is 18.0 Å². The van der Waals surface area contributed by atoms with Crippen LogP contribution in [0.5, 0.6) is 0 Å². The standard InChI is InChI=1S/C24H26N4O4S/c1-17-5-3-7-20(15-17)28-14-12-22(29)23(26-28)24(30)25-19-8-10-21(11-9-19)33(31,32)27-13-4-6-18(2)16-27/h3,5,7-12,14-15,18H,4,6,13,16H2,1-2H3,(H,25,30)/t18-/m0/s1. The Hall–Kier alpha value is -3.30. The van der Waals surface area contributed by atoms with Crippen molar-refractivity contribution in [3.05, 3.63) is 82.3 Å². The first-order chi connectivity index (χ1) is 15.7. The van der Waals surface area contributed by atoms with E-state index < -0.39 is 21.4 Å². The zero-order valence-electron chi connectivity index (χ0n) is 18.6. The van der Waals surface area contributed by atoms with Crippen LogP contribution in [0.4, 0.5) is 5.69 Å². The Morgan fingerprint density at radius 2 is 1.88 bits per heavy atom. The highest BCUT2D eigenvalue weighted by Crippen LogP contribution is 2.24. The van der Waals surface area contributed by atoms with Gasteiger partial charge >= 0.3 is 0 Å². The lowest BCUT2D eigenvalue weighted by Gasteiger charge is -2.30. The number of nitrogens with one attached hydrogen (secondary N) is 1. The Kier molecular flexibility index (Phi) is 6.44. The fraction of sp³-hybridized carbons (Fsp3) is 0.292. The summed E-state index contributed by atoms with van der Waals surface area (Å²) in [7, 11) is -3.58. The van der Waals surface area contributed by atoms with Crippen LogP contribution in [0, 0.1) is 12.8 Å². The molecule has 0 spiro atoms. The Morgan fingerprint density at radius 3 is 2.58 bits per heavy atom. The quantitative estimate of drug-likeness (QED) is 0.622. The second kappa shape index (κ2) is 9.29. The van der Waals surface area contributed by atoms with E-state index in [0.717, 1.165) is 24.1 Å². The monoisotopic (exact) mass is 466 g/mol. The van der Waals surface area contributed by atoms with E-state index in [0.29, 0.717) is 24.7 Å². The molecule has 0 unspecified atom stereocenters. The molecule has 9 heteroatoms. The number of carbonyl (C=O) groups excluding carboxylic acids is 1. The van der Waals surface area contributed by atoms with Crippen molar-refractivity contribution in [2.24, 2.45) is 5.92 Å². The molecule has 0 radical (unpaired) electrons. The number of piperidine rings is 1. The summed E-state index contributed by atoms with van der Waals surface area (Å²) in [6, 6.07) is 14.8. The normalized spacial score (nSPS) is 17.0. The number of rotatable bonds is 5. The lowest BCUT2D eigenvalue weighted by molar-refractivity contribution is 0.101. The van der Waals surface area contributed by atoms with Gasteiger partial charge < -0.3 is 5.32 Å². The summed E-state index contributed by atoms with van der Waals surface area (Å²) in [5.41, 5.74) is 1.37. The number of amides is 1. The Labute approximate surface area is 192 Å². The van der Waals surface area contributed by atoms with Gasteiger partial charge in [-0.25, -0.2) is 13.1 Å². The number of aromatic nitrogens is 2. The first-order valence-electron chi connectivity index (χ1n) is 10.8. The number of aryl methyl sites for hydroxylation is 1. The second-order valence-electron chi connectivity index (χ2n) is 8.40. The lowest BCUT2D eigenvalue weighted by atomic mass is 10.0. The summed E-state index contributed by atoms with van der Waals surface area (Å²) in [6.07, 6.45) is 3.38. The highest BCUT2D eigenvalue weighted by atomic mass is 32.2. The number of anilines is 1. The van der Waals surface area contributed by atoms with Gasteiger partial charge in [0.05, 0.1) is 10.6 Å². The first-order valence-corrected chi connectivity index (χ1v) is 12.3. The van der Waals surface area contributed by atoms with E-state index in [-0.39, 0.29) is 10.6 Å². The van der Waals surface area contributed by atoms with Crippen LogP contribution in [-0.2, 0) is 10.0 Å². The van der Waals surface area contributed by atoms with E-state index in [1.54, 1.807) is 0 Å². The second-order valence-corrected chi connectivity index (χ2v) is 10.3. The summed E-state index contributed by atoms with van der Waals surface area (Å²) in [5.74, 6) is -0.336. The van der Waals surface area contributed by atoms with E-state index in [2.05, 4.69) is 10.4 Å². The molecule has 33 heavy (non-hydrogen) atoms. The maximum Gasteiger partial charge on any atom is 0.280 e. The van der Waals surface area contributed by atoms with E-state index >= 15 is 0 Å². The molecule has 1 aromatic heterocycles. The highest BCUT2D eigenvalue weighted by Gasteiger charge is 2.28. The molecular weight excluding hydrogens is 440 g/mol. The minimum absolute atomic E-state index is 0.175. The topological polar surface area (TPSA) is 101 Å². The SMILES string of the molecule is Cc1cccc(-n2ccc(=O)c(C(=O)Nc3ccc(S(=O)(=O)N4CCC[C@H](C)C4)cc3)n2)c1. The molecule has 0 saturated carbocycles. The number of hydrogen-bond acceptors (Lipinski definition) is 5. The van der Waals surface area contributed by atoms with Crippen LogP contribution in [-0.4, -0.2) is 41.5 Å². The number of nitrogens with zero attached hydrogens (tertiary/aromatic N) is 3. The van der Waals surface area contributed by atoms with Crippen LogP contribution < -0.4 is 10.7 Å². The van der Waals surface area contributed by atoms with Crippen molar-refractivity contribution >= 4 is 21.6 Å². The van der Waals surface area contributed by atoms with Crippen molar-refractivity contribution in [1.29, 1.82) is 0 Å². The summed E-state index contributed by atoms with van der Waals surface area (Å²) in [4.78, 5) is 25.2. The predicted octanol–water partition coefficient (Wildman–Crippen LogP) is 3.21. The van der Waals surface area contributed by atoms with Gasteiger partial charge in [-0.2, -0.15) is 9.40 Å². The van der Waals surface area contributed by atoms with Crippen molar-refractivity contribution in [2.75, 3.05) is 18.4 Å². The molecule has 1 saturated heterocycles. The van der Waals surface area contributed by atoms with Crippen molar-refractivity contribution in [1.82, 2.24) is 14.1 Å².